The van der Waals surface area contributed by atoms with Crippen LogP contribution in [0.1, 0.15) is 50.6 Å². The summed E-state index contributed by atoms with van der Waals surface area (Å²) >= 11 is 0. The molecule has 10 rings (SSSR count). The SMILES string of the molecule is Nc1ncn([C@H]2CC(OP(=O)(O)OC[C@H]3O[C@@H](n4cnc(N)nc4=O)C[C@H]3OP(=O)(O)OC[C@H]3O[C@@H](n4cnc5c(=O)[nH]c(N)nc54)C[C@H]3O)[C@@H](COP(=O)(O)OC3C[C@H](n4cnc5c(=O)[nH]c(N)nc54)O[C@@H]3CO)O2)c(=O)n1. The van der Waals surface area contributed by atoms with Crippen molar-refractivity contribution in [2.45, 2.75) is 99.4 Å². The fourth-order valence-electron chi connectivity index (χ4n) is 8.97. The zero-order valence-electron chi connectivity index (χ0n) is 40.1. The number of aliphatic hydroxyl groups is 2. The van der Waals surface area contributed by atoms with Crippen molar-refractivity contribution in [3.8, 4) is 0 Å². The number of ether oxygens (including phenoxy) is 4. The number of hydrogen-bond donors (Lipinski definition) is 11. The van der Waals surface area contributed by atoms with Crippen molar-refractivity contribution < 1.29 is 84.7 Å². The number of fused-ring (bicyclic) bond motifs is 2. The maximum Gasteiger partial charge on any atom is 0.472 e. The van der Waals surface area contributed by atoms with E-state index in [9.17, 15) is 57.8 Å². The van der Waals surface area contributed by atoms with Crippen LogP contribution < -0.4 is 45.4 Å². The van der Waals surface area contributed by atoms with Gasteiger partial charge in [0.15, 0.2) is 22.3 Å². The summed E-state index contributed by atoms with van der Waals surface area (Å²) in [5, 5.41) is 20.9. The lowest BCUT2D eigenvalue weighted by Crippen LogP contribution is -2.32. The number of hydrogen-bond acceptors (Lipinski definition) is 31. The molecule has 15 N–H and O–H groups in total. The highest BCUT2D eigenvalue weighted by Gasteiger charge is 2.48. The Morgan fingerprint density at radius 2 is 0.886 bits per heavy atom. The molecule has 40 nitrogen and oxygen atoms in total. The van der Waals surface area contributed by atoms with Crippen LogP contribution in [0.2, 0.25) is 0 Å². The van der Waals surface area contributed by atoms with E-state index in [4.69, 9.17) is 69.0 Å². The van der Waals surface area contributed by atoms with Crippen molar-refractivity contribution in [3.05, 3.63) is 67.0 Å². The molecule has 10 heterocycles. The highest BCUT2D eigenvalue weighted by molar-refractivity contribution is 7.48. The van der Waals surface area contributed by atoms with Gasteiger partial charge in [-0.1, -0.05) is 0 Å². The summed E-state index contributed by atoms with van der Waals surface area (Å²) in [6, 6.07) is 0. The third kappa shape index (κ3) is 12.2. The second-order valence-electron chi connectivity index (χ2n) is 17.8. The summed E-state index contributed by atoms with van der Waals surface area (Å²) in [5.74, 6) is -1.28. The van der Waals surface area contributed by atoms with Crippen molar-refractivity contribution in [2.24, 2.45) is 0 Å². The minimum Gasteiger partial charge on any atom is -0.394 e. The van der Waals surface area contributed by atoms with Gasteiger partial charge in [0.25, 0.3) is 11.1 Å². The molecule has 0 aliphatic carbocycles. The monoisotopic (exact) mass is 1180 g/mol. The number of nitrogens with two attached hydrogens (primary N) is 4. The van der Waals surface area contributed by atoms with Crippen LogP contribution in [0.4, 0.5) is 23.8 Å². The number of rotatable bonds is 20. The van der Waals surface area contributed by atoms with Gasteiger partial charge in [0, 0.05) is 25.7 Å². The molecule has 0 radical (unpaired) electrons. The highest BCUT2D eigenvalue weighted by Crippen LogP contribution is 2.53. The molecule has 43 heteroatoms. The predicted molar refractivity (Wildman–Crippen MR) is 256 cm³/mol. The number of phosphoric acid groups is 3. The van der Waals surface area contributed by atoms with Crippen LogP contribution in [0, 0.1) is 0 Å². The van der Waals surface area contributed by atoms with E-state index in [-0.39, 0.29) is 47.1 Å². The number of anilines is 4. The van der Waals surface area contributed by atoms with E-state index in [2.05, 4.69) is 49.8 Å². The zero-order valence-corrected chi connectivity index (χ0v) is 42.8. The van der Waals surface area contributed by atoms with E-state index in [1.807, 2.05) is 0 Å². The molecule has 428 valence electrons. The van der Waals surface area contributed by atoms with Gasteiger partial charge in [-0.15, -0.1) is 0 Å². The average molecular weight is 1180 g/mol. The summed E-state index contributed by atoms with van der Waals surface area (Å²) in [5.41, 5.74) is 19.1. The van der Waals surface area contributed by atoms with Crippen LogP contribution in [0.3, 0.4) is 0 Å². The minimum absolute atomic E-state index is 0.00204. The Balaban J connectivity index is 0.809. The first-order valence-electron chi connectivity index (χ1n) is 23.2. The molecule has 4 saturated heterocycles. The lowest BCUT2D eigenvalue weighted by Gasteiger charge is -2.25. The number of aromatic nitrogens is 14. The number of phosphoric ester groups is 3. The molecular formula is C36H47N18O22P3. The Bertz CT molecular complexity index is 3650. The summed E-state index contributed by atoms with van der Waals surface area (Å²) < 4.78 is 101. The smallest absolute Gasteiger partial charge is 0.394 e. The van der Waals surface area contributed by atoms with E-state index >= 15 is 0 Å². The van der Waals surface area contributed by atoms with Gasteiger partial charge < -0.3 is 66.8 Å². The molecule has 4 aliphatic rings. The maximum atomic E-state index is 13.8. The van der Waals surface area contributed by atoms with E-state index < -0.39 is 171 Å². The number of nitrogen functional groups attached to an aromatic ring is 4. The van der Waals surface area contributed by atoms with E-state index in [1.54, 1.807) is 0 Å². The normalized spacial score (nSPS) is 29.5. The fraction of sp³-hybridized carbons (Fsp3) is 0.556. The summed E-state index contributed by atoms with van der Waals surface area (Å²) in [6.45, 7) is -3.45. The zero-order chi connectivity index (χ0) is 56.3. The summed E-state index contributed by atoms with van der Waals surface area (Å²) in [6.07, 6.45) is -13.5. The molecule has 15 atom stereocenters. The summed E-state index contributed by atoms with van der Waals surface area (Å²) in [4.78, 5) is 119. The Kier molecular flexibility index (Phi) is 15.5. The van der Waals surface area contributed by atoms with Crippen molar-refractivity contribution in [1.29, 1.82) is 0 Å². The van der Waals surface area contributed by atoms with Crippen LogP contribution in [-0.2, 0) is 59.8 Å². The lowest BCUT2D eigenvalue weighted by molar-refractivity contribution is -0.0636. The van der Waals surface area contributed by atoms with Gasteiger partial charge in [0.1, 0.15) is 80.3 Å². The molecule has 0 spiro atoms. The molecule has 6 aromatic rings. The molecule has 4 aliphatic heterocycles. The third-order valence-corrected chi connectivity index (χ3v) is 15.6. The van der Waals surface area contributed by atoms with E-state index in [0.29, 0.717) is 0 Å². The van der Waals surface area contributed by atoms with Gasteiger partial charge in [-0.05, 0) is 0 Å². The second-order valence-corrected chi connectivity index (χ2v) is 22.0. The average Bonchev–Trinajstić information content (AvgIpc) is 4.46. The molecule has 0 bridgehead atoms. The number of nitrogens with zero attached hydrogens (tertiary/aromatic N) is 12. The molecule has 0 aromatic carbocycles. The first-order chi connectivity index (χ1) is 37.4. The Labute approximate surface area is 437 Å². The molecule has 6 aromatic heterocycles. The largest absolute Gasteiger partial charge is 0.472 e. The molecule has 0 saturated carbocycles. The van der Waals surface area contributed by atoms with Crippen LogP contribution >= 0.6 is 23.5 Å². The van der Waals surface area contributed by atoms with Crippen LogP contribution in [0.5, 0.6) is 0 Å². The molecular weight excluding hydrogens is 1130 g/mol. The van der Waals surface area contributed by atoms with Gasteiger partial charge in [-0.25, -0.2) is 43.2 Å². The van der Waals surface area contributed by atoms with Gasteiger partial charge in [0.2, 0.25) is 23.8 Å². The van der Waals surface area contributed by atoms with Crippen LogP contribution in [-0.4, -0.2) is 168 Å². The molecule has 0 amide bonds. The van der Waals surface area contributed by atoms with Gasteiger partial charge in [-0.3, -0.25) is 65.0 Å². The Hall–Kier alpha value is -6.39. The first-order valence-corrected chi connectivity index (χ1v) is 27.6. The van der Waals surface area contributed by atoms with Crippen LogP contribution in [0.25, 0.3) is 22.3 Å². The van der Waals surface area contributed by atoms with E-state index in [1.165, 1.54) is 21.8 Å². The summed E-state index contributed by atoms with van der Waals surface area (Å²) in [7, 11) is -15.8. The van der Waals surface area contributed by atoms with Crippen molar-refractivity contribution >= 4 is 69.6 Å². The lowest BCUT2D eigenvalue weighted by atomic mass is 10.2. The van der Waals surface area contributed by atoms with Gasteiger partial charge in [-0.2, -0.15) is 19.9 Å². The molecule has 4 fully saturated rings. The minimum atomic E-state index is -5.40. The topological polar surface area (TPSA) is 571 Å². The number of H-pyrrole nitrogens is 2. The molecule has 79 heavy (non-hydrogen) atoms. The van der Waals surface area contributed by atoms with Crippen molar-refractivity contribution in [1.82, 2.24) is 68.1 Å². The number of imidazole rings is 2. The fourth-order valence-corrected chi connectivity index (χ4v) is 11.8. The van der Waals surface area contributed by atoms with Crippen molar-refractivity contribution in [3.63, 3.8) is 0 Å². The van der Waals surface area contributed by atoms with Crippen LogP contribution in [0.15, 0.2) is 44.5 Å². The van der Waals surface area contributed by atoms with Gasteiger partial charge in [0.05, 0.1) is 45.2 Å². The molecule has 5 unspecified atom stereocenters. The quantitative estimate of drug-likeness (QED) is 0.0324. The third-order valence-electron chi connectivity index (χ3n) is 12.6. The van der Waals surface area contributed by atoms with Crippen molar-refractivity contribution in [2.75, 3.05) is 49.4 Å². The highest BCUT2D eigenvalue weighted by atomic mass is 31.2. The number of aromatic amines is 2. The Morgan fingerprint density at radius 3 is 1.30 bits per heavy atom. The number of aliphatic hydroxyl groups excluding tert-OH is 2. The Morgan fingerprint density at radius 1 is 0.532 bits per heavy atom. The second kappa shape index (κ2) is 21.9. The van der Waals surface area contributed by atoms with Gasteiger partial charge >= 0.3 is 34.8 Å². The number of nitrogens with one attached hydrogen (secondary N) is 2. The van der Waals surface area contributed by atoms with E-state index in [0.717, 1.165) is 21.8 Å². The standard InChI is InChI=1S/C36H47N18O22P3/c37-31-43-11-53(35(59)49-31)23-3-15(75-77(61,62)67-6-18-13(56)1-21(71-18)51-9-41-25-27(51)45-33(39)47-29(25)57)20(73-23)8-69-79(65,66)76-16-4-24(54-12-44-32(38)50-36(54)60)72-19(16)7-68-78(63,64)74-14-2-22(70-17(14)5-55)52-10-42-26-28(52)46-34(40)48-30(26)58/h9-24,55-56H,1-8H2,(H,61,62)(H,63,64)(H,65,66)(H2,37,49,59)(H2,38,50,60)(H3,39,45,47,57)(H3,40,46,48,58)/t13-,14?,15-,16?,17-,18-,19-,20-,21-,22-,23-,24-/m1/s1. The first kappa shape index (κ1) is 55.9. The predicted octanol–water partition coefficient (Wildman–Crippen LogP) is -4.10. The maximum absolute atomic E-state index is 13.8.